The Morgan fingerprint density at radius 2 is 2.07 bits per heavy atom. The van der Waals surface area contributed by atoms with Crippen molar-refractivity contribution in [2.45, 2.75) is 50.0 Å². The fourth-order valence-corrected chi connectivity index (χ4v) is 4.52. The lowest BCUT2D eigenvalue weighted by Crippen LogP contribution is -2.52. The summed E-state index contributed by atoms with van der Waals surface area (Å²) in [6.45, 7) is 1.80. The Hall–Kier alpha value is -2.18. The van der Waals surface area contributed by atoms with Crippen LogP contribution < -0.4 is 9.47 Å². The molecule has 6 heteroatoms. The van der Waals surface area contributed by atoms with E-state index in [4.69, 9.17) is 14.2 Å². The lowest BCUT2D eigenvalue weighted by atomic mass is 9.79. The molecule has 3 atom stereocenters. The smallest absolute Gasteiger partial charge is 0.213 e. The van der Waals surface area contributed by atoms with E-state index in [1.54, 1.807) is 13.3 Å². The van der Waals surface area contributed by atoms with Crippen molar-refractivity contribution in [2.75, 3.05) is 20.8 Å². The van der Waals surface area contributed by atoms with Crippen LogP contribution in [0.3, 0.4) is 0 Å². The molecule has 0 N–H and O–H groups in total. The number of ether oxygens (including phenoxy) is 3. The minimum absolute atomic E-state index is 0.0805. The number of hydrogen-bond donors (Lipinski definition) is 0. The number of aromatic nitrogens is 2. The average molecular weight is 369 g/mol. The van der Waals surface area contributed by atoms with E-state index in [9.17, 15) is 0 Å². The minimum atomic E-state index is -0.0805. The Balaban J connectivity index is 1.48. The minimum Gasteiger partial charge on any atom is -0.497 e. The zero-order valence-electron chi connectivity index (χ0n) is 16.0. The van der Waals surface area contributed by atoms with Gasteiger partial charge < -0.3 is 14.2 Å². The number of nitrogens with zero attached hydrogens (tertiary/aromatic N) is 3. The van der Waals surface area contributed by atoms with Crippen molar-refractivity contribution in [3.8, 4) is 11.6 Å². The molecular weight excluding hydrogens is 342 g/mol. The van der Waals surface area contributed by atoms with Crippen LogP contribution in [0.15, 0.2) is 42.7 Å². The largest absolute Gasteiger partial charge is 0.497 e. The molecule has 0 amide bonds. The van der Waals surface area contributed by atoms with Crippen LogP contribution in [0.2, 0.25) is 0 Å². The molecule has 2 aromatic rings. The lowest BCUT2D eigenvalue weighted by molar-refractivity contribution is -0.0844. The van der Waals surface area contributed by atoms with Crippen molar-refractivity contribution < 1.29 is 14.2 Å². The molecule has 1 saturated carbocycles. The summed E-state index contributed by atoms with van der Waals surface area (Å²) in [4.78, 5) is 11.3. The van der Waals surface area contributed by atoms with Gasteiger partial charge in [-0.3, -0.25) is 9.88 Å². The van der Waals surface area contributed by atoms with Gasteiger partial charge in [-0.05, 0) is 31.4 Å². The molecule has 0 aromatic carbocycles. The molecule has 1 aliphatic carbocycles. The SMILES string of the molecule is COc1ccnc(CN2CC[C@]3(OC)CC[C@@H](Oc4ccccn4)C[C@H]23)c1. The summed E-state index contributed by atoms with van der Waals surface area (Å²) in [5.74, 6) is 1.55. The Morgan fingerprint density at radius 3 is 2.85 bits per heavy atom. The van der Waals surface area contributed by atoms with Crippen LogP contribution in [0, 0.1) is 0 Å². The van der Waals surface area contributed by atoms with Gasteiger partial charge in [0.2, 0.25) is 5.88 Å². The third kappa shape index (κ3) is 3.77. The first-order valence-electron chi connectivity index (χ1n) is 9.58. The summed E-state index contributed by atoms with van der Waals surface area (Å²) in [6.07, 6.45) is 7.73. The quantitative estimate of drug-likeness (QED) is 0.780. The Labute approximate surface area is 160 Å². The number of pyridine rings is 2. The second kappa shape index (κ2) is 7.82. The summed E-state index contributed by atoms with van der Waals surface area (Å²) in [7, 11) is 3.53. The van der Waals surface area contributed by atoms with Crippen LogP contribution in [0.4, 0.5) is 0 Å². The molecule has 27 heavy (non-hydrogen) atoms. The maximum atomic E-state index is 6.16. The molecule has 1 saturated heterocycles. The summed E-state index contributed by atoms with van der Waals surface area (Å²) in [5, 5.41) is 0. The zero-order chi connectivity index (χ0) is 18.7. The first-order chi connectivity index (χ1) is 13.2. The molecule has 2 fully saturated rings. The van der Waals surface area contributed by atoms with Crippen molar-refractivity contribution in [1.29, 1.82) is 0 Å². The van der Waals surface area contributed by atoms with Gasteiger partial charge in [0.25, 0.3) is 0 Å². The van der Waals surface area contributed by atoms with Crippen molar-refractivity contribution >= 4 is 0 Å². The highest BCUT2D eigenvalue weighted by molar-refractivity contribution is 5.23. The van der Waals surface area contributed by atoms with E-state index in [2.05, 4.69) is 14.9 Å². The molecule has 0 bridgehead atoms. The van der Waals surface area contributed by atoms with Gasteiger partial charge in [0.05, 0.1) is 18.4 Å². The van der Waals surface area contributed by atoms with Crippen LogP contribution in [-0.4, -0.2) is 53.4 Å². The van der Waals surface area contributed by atoms with Gasteiger partial charge in [-0.15, -0.1) is 0 Å². The highest BCUT2D eigenvalue weighted by atomic mass is 16.5. The fraction of sp³-hybridized carbons (Fsp3) is 0.524. The average Bonchev–Trinajstić information content (AvgIpc) is 3.07. The van der Waals surface area contributed by atoms with E-state index in [-0.39, 0.29) is 11.7 Å². The summed E-state index contributed by atoms with van der Waals surface area (Å²) >= 11 is 0. The standard InChI is InChI=1S/C21H27N3O3/c1-25-17-7-11-22-16(13-17)15-24-12-9-21(26-2)8-6-18(14-19(21)24)27-20-5-3-4-10-23-20/h3-5,7,10-11,13,18-19H,6,8-9,12,14-15H2,1-2H3/t18-,19+,21-/m1/s1. The summed E-state index contributed by atoms with van der Waals surface area (Å²) < 4.78 is 17.6. The van der Waals surface area contributed by atoms with Crippen molar-refractivity contribution in [1.82, 2.24) is 14.9 Å². The van der Waals surface area contributed by atoms with E-state index < -0.39 is 0 Å². The Kier molecular flexibility index (Phi) is 5.27. The molecule has 1 aliphatic heterocycles. The van der Waals surface area contributed by atoms with Gasteiger partial charge >= 0.3 is 0 Å². The maximum Gasteiger partial charge on any atom is 0.213 e. The maximum absolute atomic E-state index is 6.16. The van der Waals surface area contributed by atoms with Gasteiger partial charge in [0.15, 0.2) is 0 Å². The Morgan fingerprint density at radius 1 is 1.15 bits per heavy atom. The van der Waals surface area contributed by atoms with Crippen LogP contribution in [0.25, 0.3) is 0 Å². The predicted octanol–water partition coefficient (Wildman–Crippen LogP) is 3.08. The second-order valence-corrected chi connectivity index (χ2v) is 7.37. The van der Waals surface area contributed by atoms with E-state index in [0.717, 1.165) is 50.2 Å². The van der Waals surface area contributed by atoms with Crippen LogP contribution in [0.1, 0.15) is 31.4 Å². The van der Waals surface area contributed by atoms with Gasteiger partial charge in [0, 0.05) is 57.2 Å². The highest BCUT2D eigenvalue weighted by Crippen LogP contribution is 2.43. The van der Waals surface area contributed by atoms with Crippen LogP contribution in [-0.2, 0) is 11.3 Å². The monoisotopic (exact) mass is 369 g/mol. The van der Waals surface area contributed by atoms with E-state index in [0.29, 0.717) is 11.9 Å². The molecule has 6 nitrogen and oxygen atoms in total. The number of hydrogen-bond acceptors (Lipinski definition) is 6. The number of likely N-dealkylation sites (tertiary alicyclic amines) is 1. The molecule has 0 spiro atoms. The van der Waals surface area contributed by atoms with Gasteiger partial charge in [-0.25, -0.2) is 4.98 Å². The van der Waals surface area contributed by atoms with Crippen molar-refractivity contribution in [3.63, 3.8) is 0 Å². The first kappa shape index (κ1) is 18.2. The van der Waals surface area contributed by atoms with E-state index in [1.165, 1.54) is 0 Å². The molecule has 2 aromatic heterocycles. The zero-order valence-corrected chi connectivity index (χ0v) is 16.0. The highest BCUT2D eigenvalue weighted by Gasteiger charge is 2.51. The number of methoxy groups -OCH3 is 2. The predicted molar refractivity (Wildman–Crippen MR) is 102 cm³/mol. The van der Waals surface area contributed by atoms with Gasteiger partial charge in [-0.1, -0.05) is 6.07 Å². The molecule has 2 aliphatic rings. The van der Waals surface area contributed by atoms with Gasteiger partial charge in [-0.2, -0.15) is 0 Å². The normalized spacial score (nSPS) is 27.9. The summed E-state index contributed by atoms with van der Waals surface area (Å²) in [5.41, 5.74) is 0.942. The fourth-order valence-electron chi connectivity index (χ4n) is 4.52. The molecule has 3 heterocycles. The van der Waals surface area contributed by atoms with E-state index >= 15 is 0 Å². The van der Waals surface area contributed by atoms with Gasteiger partial charge in [0.1, 0.15) is 11.9 Å². The Bertz CT molecular complexity index is 757. The molecule has 0 radical (unpaired) electrons. The molecular formula is C21H27N3O3. The summed E-state index contributed by atoms with van der Waals surface area (Å²) in [6, 6.07) is 10.00. The van der Waals surface area contributed by atoms with Crippen LogP contribution >= 0.6 is 0 Å². The van der Waals surface area contributed by atoms with Crippen LogP contribution in [0.5, 0.6) is 11.6 Å². The number of rotatable bonds is 6. The molecule has 4 rings (SSSR count). The third-order valence-corrected chi connectivity index (χ3v) is 5.97. The second-order valence-electron chi connectivity index (χ2n) is 7.37. The topological polar surface area (TPSA) is 56.7 Å². The van der Waals surface area contributed by atoms with Crippen molar-refractivity contribution in [2.24, 2.45) is 0 Å². The number of fused-ring (bicyclic) bond motifs is 1. The first-order valence-corrected chi connectivity index (χ1v) is 9.58. The molecule has 144 valence electrons. The molecule has 0 unspecified atom stereocenters. The third-order valence-electron chi connectivity index (χ3n) is 5.97. The lowest BCUT2D eigenvalue weighted by Gasteiger charge is -2.43. The van der Waals surface area contributed by atoms with Crippen molar-refractivity contribution in [3.05, 3.63) is 48.4 Å². The van der Waals surface area contributed by atoms with E-state index in [1.807, 2.05) is 43.6 Å².